The van der Waals surface area contributed by atoms with Gasteiger partial charge < -0.3 is 0 Å². The summed E-state index contributed by atoms with van der Waals surface area (Å²) in [6.07, 6.45) is 0. The van der Waals surface area contributed by atoms with Crippen molar-refractivity contribution in [1.82, 2.24) is 15.0 Å². The summed E-state index contributed by atoms with van der Waals surface area (Å²) < 4.78 is 1.64. The molecule has 3 rings (SSSR count). The number of rotatable bonds is 4. The van der Waals surface area contributed by atoms with Gasteiger partial charge in [0.1, 0.15) is 0 Å². The maximum atomic E-state index is 12.4. The lowest BCUT2D eigenvalue weighted by molar-refractivity contribution is -0.384. The third-order valence-corrected chi connectivity index (χ3v) is 3.61. The highest BCUT2D eigenvalue weighted by atomic mass is 32.1. The fourth-order valence-electron chi connectivity index (χ4n) is 2.07. The molecule has 1 aromatic heterocycles. The molecule has 0 radical (unpaired) electrons. The highest BCUT2D eigenvalue weighted by molar-refractivity contribution is 7.71. The lowest BCUT2D eigenvalue weighted by atomic mass is 10.1. The smallest absolute Gasteiger partial charge is 0.269 e. The Morgan fingerprint density at radius 2 is 1.78 bits per heavy atom. The van der Waals surface area contributed by atoms with Crippen LogP contribution in [-0.4, -0.2) is 25.7 Å². The van der Waals surface area contributed by atoms with E-state index in [4.69, 9.17) is 12.2 Å². The Hall–Kier alpha value is -3.13. The molecule has 0 atom stereocenters. The van der Waals surface area contributed by atoms with E-state index < -0.39 is 4.92 Å². The minimum absolute atomic E-state index is 0.0274. The Morgan fingerprint density at radius 1 is 1.13 bits per heavy atom. The standard InChI is InChI=1S/C15H10N4O3S/c20-14(10-4-2-1-3-5-10)13-15(23)18(17-16-13)11-6-8-12(9-7-11)19(21)22/h1-9,17H. The molecule has 114 valence electrons. The number of hydrogen-bond acceptors (Lipinski definition) is 5. The van der Waals surface area contributed by atoms with Gasteiger partial charge in [0, 0.05) is 17.7 Å². The summed E-state index contributed by atoms with van der Waals surface area (Å²) >= 11 is 5.28. The van der Waals surface area contributed by atoms with Crippen molar-refractivity contribution < 1.29 is 9.72 Å². The molecule has 1 heterocycles. The van der Waals surface area contributed by atoms with Gasteiger partial charge in [0.2, 0.25) is 5.78 Å². The van der Waals surface area contributed by atoms with Gasteiger partial charge in [-0.25, -0.2) is 9.90 Å². The number of hydrogen-bond donors (Lipinski definition) is 1. The molecule has 0 spiro atoms. The molecule has 0 unspecified atom stereocenters. The average molecular weight is 326 g/mol. The second-order valence-electron chi connectivity index (χ2n) is 4.67. The van der Waals surface area contributed by atoms with Crippen LogP contribution in [0.1, 0.15) is 16.1 Å². The normalized spacial score (nSPS) is 10.4. The van der Waals surface area contributed by atoms with Crippen LogP contribution in [0.2, 0.25) is 0 Å². The first kappa shape index (κ1) is 14.8. The Kier molecular flexibility index (Phi) is 3.82. The second-order valence-corrected chi connectivity index (χ2v) is 5.06. The molecule has 0 aliphatic heterocycles. The monoisotopic (exact) mass is 326 g/mol. The Balaban J connectivity index is 1.98. The quantitative estimate of drug-likeness (QED) is 0.344. The third-order valence-electron chi connectivity index (χ3n) is 3.24. The highest BCUT2D eigenvalue weighted by Gasteiger charge is 2.16. The SMILES string of the molecule is O=C(c1ccccc1)c1n[nH]n(-c2ccc([N+](=O)[O-])cc2)c1=S. The van der Waals surface area contributed by atoms with Gasteiger partial charge >= 0.3 is 0 Å². The largest absolute Gasteiger partial charge is 0.287 e. The van der Waals surface area contributed by atoms with Crippen molar-refractivity contribution in [3.8, 4) is 5.69 Å². The number of carbonyl (C=O) groups is 1. The molecular formula is C15H10N4O3S. The van der Waals surface area contributed by atoms with Crippen LogP contribution in [-0.2, 0) is 0 Å². The summed E-state index contributed by atoms with van der Waals surface area (Å²) in [6, 6.07) is 14.5. The van der Waals surface area contributed by atoms with Gasteiger partial charge in [-0.05, 0) is 12.1 Å². The first-order valence-electron chi connectivity index (χ1n) is 6.60. The van der Waals surface area contributed by atoms with Gasteiger partial charge in [-0.1, -0.05) is 42.5 Å². The van der Waals surface area contributed by atoms with Crippen LogP contribution < -0.4 is 0 Å². The number of H-pyrrole nitrogens is 1. The molecule has 23 heavy (non-hydrogen) atoms. The Bertz CT molecular complexity index is 929. The van der Waals surface area contributed by atoms with E-state index in [1.807, 2.05) is 6.07 Å². The molecule has 0 fully saturated rings. The average Bonchev–Trinajstić information content (AvgIpc) is 2.96. The van der Waals surface area contributed by atoms with Crippen LogP contribution in [0.4, 0.5) is 5.69 Å². The van der Waals surface area contributed by atoms with Crippen molar-refractivity contribution in [2.45, 2.75) is 0 Å². The van der Waals surface area contributed by atoms with Crippen molar-refractivity contribution in [1.29, 1.82) is 0 Å². The maximum absolute atomic E-state index is 12.4. The molecule has 0 saturated heterocycles. The van der Waals surface area contributed by atoms with Gasteiger partial charge in [0.25, 0.3) is 5.69 Å². The summed E-state index contributed by atoms with van der Waals surface area (Å²) in [7, 11) is 0. The number of aromatic nitrogens is 3. The van der Waals surface area contributed by atoms with Gasteiger partial charge in [-0.3, -0.25) is 14.9 Å². The zero-order chi connectivity index (χ0) is 16.4. The number of nitro benzene ring substituents is 1. The minimum Gasteiger partial charge on any atom is -0.287 e. The number of ketones is 1. The van der Waals surface area contributed by atoms with E-state index in [2.05, 4.69) is 10.3 Å². The van der Waals surface area contributed by atoms with Crippen molar-refractivity contribution >= 4 is 23.7 Å². The number of nitro groups is 1. The second kappa shape index (κ2) is 5.93. The number of nitrogens with zero attached hydrogens (tertiary/aromatic N) is 3. The number of non-ortho nitro benzene ring substituents is 1. The summed E-state index contributed by atoms with van der Waals surface area (Å²) in [5.74, 6) is -0.285. The van der Waals surface area contributed by atoms with E-state index in [9.17, 15) is 14.9 Å². The fraction of sp³-hybridized carbons (Fsp3) is 0. The zero-order valence-electron chi connectivity index (χ0n) is 11.7. The fourth-order valence-corrected chi connectivity index (χ4v) is 2.36. The van der Waals surface area contributed by atoms with Gasteiger partial charge in [0.15, 0.2) is 10.3 Å². The highest BCUT2D eigenvalue weighted by Crippen LogP contribution is 2.16. The van der Waals surface area contributed by atoms with Crippen LogP contribution in [0.3, 0.4) is 0 Å². The molecule has 7 nitrogen and oxygen atoms in total. The van der Waals surface area contributed by atoms with Crippen LogP contribution in [0.25, 0.3) is 5.69 Å². The van der Waals surface area contributed by atoms with Crippen LogP contribution in [0.15, 0.2) is 54.6 Å². The topological polar surface area (TPSA) is 93.8 Å². The van der Waals surface area contributed by atoms with Gasteiger partial charge in [0.05, 0.1) is 10.6 Å². The molecule has 8 heteroatoms. The predicted molar refractivity (Wildman–Crippen MR) is 85.3 cm³/mol. The summed E-state index contributed by atoms with van der Waals surface area (Å²) in [6.45, 7) is 0. The van der Waals surface area contributed by atoms with Crippen molar-refractivity contribution in [2.75, 3.05) is 0 Å². The van der Waals surface area contributed by atoms with E-state index in [1.165, 1.54) is 28.9 Å². The van der Waals surface area contributed by atoms with E-state index in [1.54, 1.807) is 24.3 Å². The number of aromatic amines is 1. The van der Waals surface area contributed by atoms with Gasteiger partial charge in [-0.15, -0.1) is 0 Å². The third kappa shape index (κ3) is 2.79. The summed E-state index contributed by atoms with van der Waals surface area (Å²) in [5, 5.41) is 17.3. The zero-order valence-corrected chi connectivity index (χ0v) is 12.5. The molecular weight excluding hydrogens is 316 g/mol. The van der Waals surface area contributed by atoms with Crippen molar-refractivity contribution in [3.63, 3.8) is 0 Å². The van der Waals surface area contributed by atoms with E-state index in [0.717, 1.165) is 0 Å². The van der Waals surface area contributed by atoms with Crippen molar-refractivity contribution in [2.24, 2.45) is 0 Å². The Labute approximate surface area is 135 Å². The molecule has 2 aromatic carbocycles. The first-order valence-corrected chi connectivity index (χ1v) is 7.01. The number of nitrogens with one attached hydrogen (secondary N) is 1. The maximum Gasteiger partial charge on any atom is 0.269 e. The van der Waals surface area contributed by atoms with Crippen molar-refractivity contribution in [3.05, 3.63) is 80.6 Å². The predicted octanol–water partition coefficient (Wildman–Crippen LogP) is 3.07. The summed E-state index contributed by atoms with van der Waals surface area (Å²) in [5.41, 5.74) is 1.14. The Morgan fingerprint density at radius 3 is 2.39 bits per heavy atom. The molecule has 3 aromatic rings. The molecule has 0 amide bonds. The van der Waals surface area contributed by atoms with Crippen LogP contribution in [0.5, 0.6) is 0 Å². The molecule has 0 aliphatic carbocycles. The molecule has 0 aliphatic rings. The lowest BCUT2D eigenvalue weighted by Crippen LogP contribution is -2.02. The van der Waals surface area contributed by atoms with Crippen LogP contribution in [0, 0.1) is 14.8 Å². The lowest BCUT2D eigenvalue weighted by Gasteiger charge is -2.00. The minimum atomic E-state index is -0.486. The summed E-state index contributed by atoms with van der Waals surface area (Å²) in [4.78, 5) is 22.6. The van der Waals surface area contributed by atoms with E-state index >= 15 is 0 Å². The number of carbonyl (C=O) groups excluding carboxylic acids is 1. The van der Waals surface area contributed by atoms with E-state index in [-0.39, 0.29) is 21.8 Å². The molecule has 0 saturated carbocycles. The van der Waals surface area contributed by atoms with Crippen LogP contribution >= 0.6 is 12.2 Å². The van der Waals surface area contributed by atoms with E-state index in [0.29, 0.717) is 11.3 Å². The first-order chi connectivity index (χ1) is 11.1. The van der Waals surface area contributed by atoms with Gasteiger partial charge in [-0.2, -0.15) is 5.10 Å². The molecule has 1 N–H and O–H groups in total. The number of benzene rings is 2. The molecule has 0 bridgehead atoms.